The molecule has 7 unspecified atom stereocenters. The number of aliphatic carboxylic acids is 1. The molecule has 0 spiro atoms. The number of aliphatic hydroxyl groups is 1. The molecule has 11 bridgehead atoms. The van der Waals surface area contributed by atoms with Gasteiger partial charge in [0.2, 0.25) is 35.3 Å². The molecule has 6 amide bonds. The first-order valence-electron chi connectivity index (χ1n) is 28.3. The topological polar surface area (TPSA) is 410 Å². The Morgan fingerprint density at radius 3 is 1.80 bits per heavy atom. The Kier molecular flexibility index (Phi) is 16.7. The van der Waals surface area contributed by atoms with E-state index in [1.54, 1.807) is 30.3 Å². The summed E-state index contributed by atoms with van der Waals surface area (Å²) in [5.74, 6) is -14.5. The molecule has 8 aromatic carbocycles. The molecule has 1 fully saturated rings. The number of thiocarbonyl (C=S) groups is 1. The van der Waals surface area contributed by atoms with E-state index in [9.17, 15) is 60.0 Å². The van der Waals surface area contributed by atoms with Crippen molar-refractivity contribution in [1.29, 1.82) is 0 Å². The van der Waals surface area contributed by atoms with E-state index in [2.05, 4.69) is 31.9 Å². The van der Waals surface area contributed by atoms with Crippen molar-refractivity contribution in [2.75, 3.05) is 4.90 Å². The molecule has 8 aromatic rings. The molecule has 26 nitrogen and oxygen atoms in total. The van der Waals surface area contributed by atoms with Gasteiger partial charge in [0.05, 0.1) is 21.8 Å². The van der Waals surface area contributed by atoms with Crippen molar-refractivity contribution in [2.24, 2.45) is 5.73 Å². The normalized spacial score (nSPS) is 21.2. The van der Waals surface area contributed by atoms with Gasteiger partial charge in [-0.1, -0.05) is 65.7 Å². The number of carboxylic acids is 1. The molecule has 16 N–H and O–H groups in total. The number of phenolic OH excluding ortho intramolecular Hbond substituents is 6. The van der Waals surface area contributed by atoms with Crippen molar-refractivity contribution in [3.8, 4) is 80.1 Å². The van der Waals surface area contributed by atoms with E-state index < -0.39 is 152 Å². The van der Waals surface area contributed by atoms with Gasteiger partial charge in [-0.3, -0.25) is 33.7 Å². The molecule has 8 atom stereocenters. The maximum absolute atomic E-state index is 15.8. The summed E-state index contributed by atoms with van der Waals surface area (Å²) in [6.45, 7) is 0. The highest BCUT2D eigenvalue weighted by Gasteiger charge is 2.42. The van der Waals surface area contributed by atoms with Crippen LogP contribution in [0.3, 0.4) is 0 Å². The minimum atomic E-state index is -2.20. The summed E-state index contributed by atoms with van der Waals surface area (Å²) in [5.41, 5.74) is 5.19. The second-order valence-corrected chi connectivity index (χ2v) is 23.3. The van der Waals surface area contributed by atoms with Crippen molar-refractivity contribution < 1.29 is 88.6 Å². The van der Waals surface area contributed by atoms with E-state index in [0.29, 0.717) is 11.3 Å². The molecule has 6 aliphatic rings. The van der Waals surface area contributed by atoms with Crippen LogP contribution in [0.4, 0.5) is 5.69 Å². The molecule has 1 saturated heterocycles. The van der Waals surface area contributed by atoms with Crippen LogP contribution in [0.1, 0.15) is 75.3 Å². The first kappa shape index (κ1) is 62.8. The first-order chi connectivity index (χ1) is 44.9. The number of amides is 6. The van der Waals surface area contributed by atoms with E-state index in [-0.39, 0.29) is 72.4 Å². The highest BCUT2D eigenvalue weighted by molar-refractivity contribution is 7.80. The number of fused-ring (bicyclic) bond motifs is 15. The van der Waals surface area contributed by atoms with Crippen molar-refractivity contribution in [3.63, 3.8) is 0 Å². The highest BCUT2D eigenvalue weighted by atomic mass is 35.5. The minimum absolute atomic E-state index is 0.0795. The lowest BCUT2D eigenvalue weighted by atomic mass is 9.89. The Balaban J connectivity index is 1.01. The number of nitrogens with zero attached hydrogens (tertiary/aromatic N) is 1. The van der Waals surface area contributed by atoms with Crippen molar-refractivity contribution in [3.05, 3.63) is 195 Å². The summed E-state index contributed by atoms with van der Waals surface area (Å²) >= 11 is 19.2. The van der Waals surface area contributed by atoms with E-state index in [0.717, 1.165) is 60.7 Å². The summed E-state index contributed by atoms with van der Waals surface area (Å²) in [7, 11) is 0. The van der Waals surface area contributed by atoms with Gasteiger partial charge < -0.3 is 92.7 Å². The number of halogens is 2. The largest absolute Gasteiger partial charge is 0.508 e. The van der Waals surface area contributed by atoms with Crippen LogP contribution in [-0.4, -0.2) is 99.5 Å². The van der Waals surface area contributed by atoms with Crippen LogP contribution in [0, 0.1) is 0 Å². The lowest BCUT2D eigenvalue weighted by Gasteiger charge is -2.31. The first-order valence-corrected chi connectivity index (χ1v) is 29.5. The lowest BCUT2D eigenvalue weighted by Crippen LogP contribution is -2.55. The fourth-order valence-corrected chi connectivity index (χ4v) is 12.0. The molecule has 0 saturated carbocycles. The van der Waals surface area contributed by atoms with Crippen LogP contribution < -0.4 is 56.7 Å². The van der Waals surface area contributed by atoms with E-state index in [1.807, 2.05) is 0 Å². The number of anilines is 1. The third-order valence-corrected chi connectivity index (χ3v) is 16.7. The van der Waals surface area contributed by atoms with Crippen molar-refractivity contribution in [2.45, 2.75) is 54.8 Å². The Bertz CT molecular complexity index is 4540. The SMILES string of the molecule is NC1Cc2ccc(c(Cl)c2)Oc2cc3cc(c2O)Oc2ccc(cc2Cl)C(O)C2NC(=O)C(NC(=O)C3NC(=O)C(c3cc(O)cc(Oc4cc(C5NC(=S)N(c6ccccc6)C5=O)ccc4O)c3)NC1=O)c1ccc(O)c(c1)-c1c(O)cc(O)cc1[C@H](C(=O)O)NC2=O. The molecule has 478 valence electrons. The summed E-state index contributed by atoms with van der Waals surface area (Å²) in [5, 5.41) is 106. The van der Waals surface area contributed by atoms with Gasteiger partial charge in [0, 0.05) is 28.8 Å². The number of carbonyl (C=O) groups excluding carboxylic acids is 6. The van der Waals surface area contributed by atoms with Crippen LogP contribution >= 0.6 is 35.4 Å². The molecule has 29 heteroatoms. The molecule has 14 rings (SSSR count). The zero-order valence-electron chi connectivity index (χ0n) is 48.0. The van der Waals surface area contributed by atoms with Crippen LogP contribution in [0.5, 0.6) is 69.0 Å². The molecule has 94 heavy (non-hydrogen) atoms. The second kappa shape index (κ2) is 25.0. The number of ether oxygens (including phenoxy) is 3. The summed E-state index contributed by atoms with van der Waals surface area (Å²) in [6.07, 6.45) is -2.36. The number of rotatable bonds is 6. The van der Waals surface area contributed by atoms with Crippen LogP contribution in [-0.2, 0) is 40.0 Å². The molecular weight excluding hydrogens is 1280 g/mol. The third kappa shape index (κ3) is 12.2. The molecule has 0 aliphatic carbocycles. The minimum Gasteiger partial charge on any atom is -0.508 e. The van der Waals surface area contributed by atoms with Crippen LogP contribution in [0.15, 0.2) is 146 Å². The van der Waals surface area contributed by atoms with E-state index in [1.165, 1.54) is 59.5 Å². The summed E-state index contributed by atoms with van der Waals surface area (Å²) < 4.78 is 18.6. The number of hydrogen-bond donors (Lipinski definition) is 15. The van der Waals surface area contributed by atoms with Gasteiger partial charge in [-0.2, -0.15) is 0 Å². The predicted octanol–water partition coefficient (Wildman–Crippen LogP) is 6.78. The smallest absolute Gasteiger partial charge is 0.330 e. The van der Waals surface area contributed by atoms with Gasteiger partial charge in [0.15, 0.2) is 34.2 Å². The van der Waals surface area contributed by atoms with Gasteiger partial charge in [0.25, 0.3) is 5.91 Å². The molecular formula is C65H50Cl2N8O18S. The summed E-state index contributed by atoms with van der Waals surface area (Å²) in [4.78, 5) is 104. The lowest BCUT2D eigenvalue weighted by molar-refractivity contribution is -0.143. The maximum Gasteiger partial charge on any atom is 0.330 e. The average Bonchev–Trinajstić information content (AvgIpc) is 1.00. The zero-order chi connectivity index (χ0) is 66.7. The number of nitrogens with two attached hydrogens (primary N) is 1. The Morgan fingerprint density at radius 1 is 0.553 bits per heavy atom. The average molecular weight is 1330 g/mol. The van der Waals surface area contributed by atoms with Crippen molar-refractivity contribution in [1.82, 2.24) is 31.9 Å². The number of nitrogens with one attached hydrogen (secondary N) is 6. The van der Waals surface area contributed by atoms with Gasteiger partial charge in [-0.15, -0.1) is 0 Å². The molecule has 6 aliphatic heterocycles. The Hall–Kier alpha value is -11.4. The van der Waals surface area contributed by atoms with Gasteiger partial charge >= 0.3 is 5.97 Å². The number of carbonyl (C=O) groups is 7. The Morgan fingerprint density at radius 2 is 1.14 bits per heavy atom. The van der Waals surface area contributed by atoms with Gasteiger partial charge in [-0.25, -0.2) is 4.79 Å². The number of para-hydroxylation sites is 1. The van der Waals surface area contributed by atoms with Gasteiger partial charge in [-0.05, 0) is 143 Å². The second-order valence-electron chi connectivity index (χ2n) is 22.1. The van der Waals surface area contributed by atoms with E-state index in [4.69, 9.17) is 55.4 Å². The molecule has 6 heterocycles. The van der Waals surface area contributed by atoms with Crippen LogP contribution in [0.2, 0.25) is 10.0 Å². The number of hydrogen-bond acceptors (Lipinski definition) is 19. The number of phenols is 6. The third-order valence-electron chi connectivity index (χ3n) is 15.8. The standard InChI is InChI=1S/C65H50Cl2N8O18S/c66-38-14-26-6-12-44(38)92-47-21-31-22-48(57(47)82)93-45-13-9-29(19-39(45)67)56(81)55-62(87)72-54(64(89)90)37-24-34(77)25-43(80)49(37)36-18-27(7-10-41(36)78)50(59(84)73-55)70-61(86)52(31)71-60(85)51(69-58(83)40(68)15-26)30-16-33(76)23-35(17-30)91-46-20-28(8-11-42(46)79)53-63(88)75(65(94)74-53)32-4-2-1-3-5-32/h1-14,16-25,40,50-56,76-82H,15,68H2,(H,69,83)(H,70,86)(H,71,85)(H,72,87)(H,73,84)(H,74,94)(H,89,90)/t40?,50?,51?,52?,53?,54-,55?,56?/m1/s1. The number of aliphatic hydroxyl groups excluding tert-OH is 1. The number of benzene rings is 8. The maximum atomic E-state index is 15.8. The number of carboxylic acid groups (broad SMARTS) is 1. The highest BCUT2D eigenvalue weighted by Crippen LogP contribution is 2.48. The fourth-order valence-electron chi connectivity index (χ4n) is 11.2. The zero-order valence-corrected chi connectivity index (χ0v) is 50.4. The van der Waals surface area contributed by atoms with Crippen molar-refractivity contribution >= 4 is 87.6 Å². The molecule has 0 radical (unpaired) electrons. The van der Waals surface area contributed by atoms with Gasteiger partial charge in [0.1, 0.15) is 76.6 Å². The monoisotopic (exact) mass is 1330 g/mol. The fraction of sp³-hybridized carbons (Fsp3) is 0.138. The van der Waals surface area contributed by atoms with Crippen LogP contribution in [0.25, 0.3) is 11.1 Å². The van der Waals surface area contributed by atoms with E-state index >= 15 is 14.4 Å². The molecule has 0 aromatic heterocycles. The quantitative estimate of drug-likeness (QED) is 0.0763. The Labute approximate surface area is 545 Å². The summed E-state index contributed by atoms with van der Waals surface area (Å²) in [6, 6.07) is 17.6. The number of aromatic hydroxyl groups is 6. The predicted molar refractivity (Wildman–Crippen MR) is 336 cm³/mol.